The highest BCUT2D eigenvalue weighted by Crippen LogP contribution is 2.25. The van der Waals surface area contributed by atoms with Gasteiger partial charge in [0.25, 0.3) is 5.91 Å². The molecule has 2 aromatic rings. The van der Waals surface area contributed by atoms with Gasteiger partial charge >= 0.3 is 0 Å². The average Bonchev–Trinajstić information content (AvgIpc) is 2.88. The zero-order valence-corrected chi connectivity index (χ0v) is 13.7. The molecule has 0 atom stereocenters. The van der Waals surface area contributed by atoms with E-state index >= 15 is 0 Å². The first-order valence-electron chi connectivity index (χ1n) is 6.54. The molecule has 1 amide bonds. The largest absolute Gasteiger partial charge is 0.363 e. The fourth-order valence-corrected chi connectivity index (χ4v) is 2.45. The molecule has 0 saturated heterocycles. The lowest BCUT2D eigenvalue weighted by Gasteiger charge is -2.13. The van der Waals surface area contributed by atoms with E-state index in [4.69, 9.17) is 0 Å². The smallest absolute Gasteiger partial charge is 0.276 e. The lowest BCUT2D eigenvalue weighted by Crippen LogP contribution is -2.17. The summed E-state index contributed by atoms with van der Waals surface area (Å²) in [6.45, 7) is 6.21. The van der Waals surface area contributed by atoms with Crippen molar-refractivity contribution >= 4 is 28.9 Å². The topological polar surface area (TPSA) is 71.0 Å². The van der Waals surface area contributed by atoms with Crippen molar-refractivity contribution in [2.24, 2.45) is 0 Å². The van der Waals surface area contributed by atoms with Crippen LogP contribution >= 0.6 is 11.3 Å². The summed E-state index contributed by atoms with van der Waals surface area (Å²) >= 11 is 1.49. The van der Waals surface area contributed by atoms with E-state index in [9.17, 15) is 4.79 Å². The number of nitrogens with zero attached hydrogens (tertiary/aromatic N) is 4. The van der Waals surface area contributed by atoms with E-state index in [1.54, 1.807) is 11.4 Å². The van der Waals surface area contributed by atoms with Crippen molar-refractivity contribution in [3.63, 3.8) is 0 Å². The first kappa shape index (κ1) is 15.4. The number of hydrogen-bond acceptors (Lipinski definition) is 6. The van der Waals surface area contributed by atoms with Crippen molar-refractivity contribution < 1.29 is 4.79 Å². The molecule has 2 rings (SSSR count). The van der Waals surface area contributed by atoms with Gasteiger partial charge in [0.15, 0.2) is 0 Å². The summed E-state index contributed by atoms with van der Waals surface area (Å²) < 4.78 is 0. The zero-order valence-electron chi connectivity index (χ0n) is 12.8. The van der Waals surface area contributed by atoms with E-state index in [-0.39, 0.29) is 11.3 Å². The van der Waals surface area contributed by atoms with Gasteiger partial charge in [0, 0.05) is 31.0 Å². The maximum Gasteiger partial charge on any atom is 0.276 e. The molecule has 112 valence electrons. The van der Waals surface area contributed by atoms with Gasteiger partial charge in [-0.25, -0.2) is 15.0 Å². The molecule has 0 aliphatic rings. The maximum atomic E-state index is 12.2. The first-order chi connectivity index (χ1) is 9.77. The van der Waals surface area contributed by atoms with Gasteiger partial charge in [0.05, 0.1) is 5.01 Å². The summed E-state index contributed by atoms with van der Waals surface area (Å²) in [5, 5.41) is 5.45. The summed E-state index contributed by atoms with van der Waals surface area (Å²) in [6.07, 6.45) is 1.42. The number of anilines is 2. The van der Waals surface area contributed by atoms with Gasteiger partial charge in [0.2, 0.25) is 0 Å². The molecular formula is C14H19N5OS. The van der Waals surface area contributed by atoms with Crippen LogP contribution < -0.4 is 10.2 Å². The predicted octanol–water partition coefficient (Wildman–Crippen LogP) is 2.55. The lowest BCUT2D eigenvalue weighted by atomic mass is 9.98. The monoisotopic (exact) mass is 305 g/mol. The molecule has 6 nitrogen and oxygen atoms in total. The summed E-state index contributed by atoms with van der Waals surface area (Å²) in [5.41, 5.74) is 0.353. The summed E-state index contributed by atoms with van der Waals surface area (Å²) in [4.78, 5) is 26.6. The lowest BCUT2D eigenvalue weighted by molar-refractivity contribution is 0.102. The maximum absolute atomic E-state index is 12.2. The number of carbonyl (C=O) groups is 1. The van der Waals surface area contributed by atoms with Crippen molar-refractivity contribution in [1.82, 2.24) is 15.0 Å². The van der Waals surface area contributed by atoms with Crippen LogP contribution in [0.4, 0.5) is 11.6 Å². The zero-order chi connectivity index (χ0) is 15.6. The summed E-state index contributed by atoms with van der Waals surface area (Å²) in [5.74, 6) is 0.933. The van der Waals surface area contributed by atoms with Crippen LogP contribution in [-0.2, 0) is 5.41 Å². The number of rotatable bonds is 3. The Morgan fingerprint density at radius 3 is 2.57 bits per heavy atom. The number of aromatic nitrogens is 3. The Bertz CT molecular complexity index is 645. The Labute approximate surface area is 128 Å². The van der Waals surface area contributed by atoms with E-state index in [1.165, 1.54) is 17.7 Å². The molecule has 21 heavy (non-hydrogen) atoms. The normalized spacial score (nSPS) is 11.3. The van der Waals surface area contributed by atoms with Crippen LogP contribution in [0.3, 0.4) is 0 Å². The fraction of sp³-hybridized carbons (Fsp3) is 0.429. The number of thiazole rings is 1. The second kappa shape index (κ2) is 5.77. The number of amides is 1. The Kier molecular flexibility index (Phi) is 4.22. The van der Waals surface area contributed by atoms with Crippen LogP contribution in [0.15, 0.2) is 17.8 Å². The van der Waals surface area contributed by atoms with E-state index in [2.05, 4.69) is 41.0 Å². The minimum absolute atomic E-state index is 0.0593. The van der Waals surface area contributed by atoms with Crippen LogP contribution in [0.25, 0.3) is 0 Å². The SMILES string of the molecule is CN(C)c1cc(NC(=O)c2csc(C(C)(C)C)n2)ncn1. The van der Waals surface area contributed by atoms with Gasteiger partial charge in [-0.15, -0.1) is 11.3 Å². The third kappa shape index (κ3) is 3.75. The van der Waals surface area contributed by atoms with Crippen molar-refractivity contribution in [2.75, 3.05) is 24.3 Å². The van der Waals surface area contributed by atoms with Crippen LogP contribution in [0.1, 0.15) is 36.3 Å². The van der Waals surface area contributed by atoms with Crippen molar-refractivity contribution in [3.05, 3.63) is 28.5 Å². The molecule has 7 heteroatoms. The first-order valence-corrected chi connectivity index (χ1v) is 7.42. The third-order valence-electron chi connectivity index (χ3n) is 2.73. The minimum atomic E-state index is -0.259. The molecule has 0 spiro atoms. The second-order valence-electron chi connectivity index (χ2n) is 5.90. The summed E-state index contributed by atoms with van der Waals surface area (Å²) in [7, 11) is 3.76. The third-order valence-corrected chi connectivity index (χ3v) is 4.00. The number of nitrogens with one attached hydrogen (secondary N) is 1. The van der Waals surface area contributed by atoms with E-state index in [1.807, 2.05) is 19.0 Å². The van der Waals surface area contributed by atoms with Crippen LogP contribution in [-0.4, -0.2) is 35.0 Å². The Balaban J connectivity index is 2.15. The molecule has 2 aromatic heterocycles. The van der Waals surface area contributed by atoms with Crippen molar-refractivity contribution in [2.45, 2.75) is 26.2 Å². The number of carbonyl (C=O) groups excluding carboxylic acids is 1. The highest BCUT2D eigenvalue weighted by Gasteiger charge is 2.20. The Morgan fingerprint density at radius 2 is 2.00 bits per heavy atom. The van der Waals surface area contributed by atoms with Crippen LogP contribution in [0.2, 0.25) is 0 Å². The standard InChI is InChI=1S/C14H19N5OS/c1-14(2,3)13-17-9(7-21-13)12(20)18-10-6-11(19(4)5)16-8-15-10/h6-8H,1-5H3,(H,15,16,18,20). The molecule has 2 heterocycles. The van der Waals surface area contributed by atoms with Gasteiger partial charge in [0.1, 0.15) is 23.7 Å². The molecule has 1 N–H and O–H groups in total. The Morgan fingerprint density at radius 1 is 1.29 bits per heavy atom. The van der Waals surface area contributed by atoms with Gasteiger partial charge in [-0.05, 0) is 0 Å². The fourth-order valence-electron chi connectivity index (χ4n) is 1.56. The molecular weight excluding hydrogens is 286 g/mol. The molecule has 0 saturated carbocycles. The van der Waals surface area contributed by atoms with Crippen molar-refractivity contribution in [1.29, 1.82) is 0 Å². The predicted molar refractivity (Wildman–Crippen MR) is 85.1 cm³/mol. The van der Waals surface area contributed by atoms with Gasteiger partial charge < -0.3 is 10.2 Å². The molecule has 0 radical (unpaired) electrons. The molecule has 0 aromatic carbocycles. The quantitative estimate of drug-likeness (QED) is 0.943. The molecule has 0 aliphatic carbocycles. The minimum Gasteiger partial charge on any atom is -0.363 e. The molecule has 0 aliphatic heterocycles. The van der Waals surface area contributed by atoms with Crippen LogP contribution in [0, 0.1) is 0 Å². The van der Waals surface area contributed by atoms with Gasteiger partial charge in [-0.1, -0.05) is 20.8 Å². The summed E-state index contributed by atoms with van der Waals surface area (Å²) in [6, 6.07) is 1.72. The molecule has 0 bridgehead atoms. The molecule has 0 fully saturated rings. The second-order valence-corrected chi connectivity index (χ2v) is 6.76. The average molecular weight is 305 g/mol. The Hall–Kier alpha value is -2.02. The van der Waals surface area contributed by atoms with E-state index in [0.717, 1.165) is 10.8 Å². The molecule has 0 unspecified atom stereocenters. The number of hydrogen-bond donors (Lipinski definition) is 1. The highest BCUT2D eigenvalue weighted by atomic mass is 32.1. The van der Waals surface area contributed by atoms with Crippen LogP contribution in [0.5, 0.6) is 0 Å². The van der Waals surface area contributed by atoms with Crippen molar-refractivity contribution in [3.8, 4) is 0 Å². The van der Waals surface area contributed by atoms with E-state index in [0.29, 0.717) is 11.5 Å². The van der Waals surface area contributed by atoms with Gasteiger partial charge in [-0.3, -0.25) is 4.79 Å². The van der Waals surface area contributed by atoms with Gasteiger partial charge in [-0.2, -0.15) is 0 Å². The highest BCUT2D eigenvalue weighted by molar-refractivity contribution is 7.10. The van der Waals surface area contributed by atoms with E-state index < -0.39 is 0 Å².